The quantitative estimate of drug-likeness (QED) is 0.786. The van der Waals surface area contributed by atoms with E-state index in [-0.39, 0.29) is 0 Å². The van der Waals surface area contributed by atoms with Crippen molar-refractivity contribution in [3.05, 3.63) is 35.4 Å². The summed E-state index contributed by atoms with van der Waals surface area (Å²) >= 11 is 5.29. The van der Waals surface area contributed by atoms with E-state index in [1.807, 2.05) is 0 Å². The minimum absolute atomic E-state index is 0.394. The third-order valence-electron chi connectivity index (χ3n) is 3.10. The van der Waals surface area contributed by atoms with Gasteiger partial charge in [0.1, 0.15) is 0 Å². The largest absolute Gasteiger partial charge is 0.361 e. The molecule has 0 fully saturated rings. The second kappa shape index (κ2) is 5.50. The third kappa shape index (κ3) is 3.43. The number of hydrogen-bond acceptors (Lipinski definition) is 1. The molecule has 92 valence electrons. The summed E-state index contributed by atoms with van der Waals surface area (Å²) in [6.45, 7) is 4.20. The molecule has 0 saturated heterocycles. The average molecular weight is 248 g/mol. The first kappa shape index (κ1) is 12.4. The molecule has 2 nitrogen and oxygen atoms in total. The Kier molecular flexibility index (Phi) is 4.00. The average Bonchev–Trinajstić information content (AvgIpc) is 2.27. The molecule has 0 aliphatic heterocycles. The van der Waals surface area contributed by atoms with Crippen molar-refractivity contribution in [2.45, 2.75) is 45.2 Å². The molecule has 1 aromatic carbocycles. The predicted octanol–water partition coefficient (Wildman–Crippen LogP) is 2.42. The summed E-state index contributed by atoms with van der Waals surface area (Å²) in [5, 5.41) is 7.43. The van der Waals surface area contributed by atoms with E-state index < -0.39 is 0 Å². The molecule has 0 amide bonds. The molecule has 1 aromatic rings. The van der Waals surface area contributed by atoms with Crippen LogP contribution < -0.4 is 10.6 Å². The highest BCUT2D eigenvalue weighted by molar-refractivity contribution is 7.80. The highest BCUT2D eigenvalue weighted by Gasteiger charge is 2.18. The second-order valence-electron chi connectivity index (χ2n) is 4.98. The number of fused-ring (bicyclic) bond motifs is 1. The normalized spacial score (nSPS) is 18.6. The van der Waals surface area contributed by atoms with Crippen molar-refractivity contribution in [2.24, 2.45) is 0 Å². The number of nitrogens with one attached hydrogen (secondary N) is 2. The van der Waals surface area contributed by atoms with Crippen LogP contribution in [0, 0.1) is 0 Å². The molecule has 3 heteroatoms. The summed E-state index contributed by atoms with van der Waals surface area (Å²) in [5.41, 5.74) is 2.96. The highest BCUT2D eigenvalue weighted by Crippen LogP contribution is 2.20. The summed E-state index contributed by atoms with van der Waals surface area (Å²) in [5.74, 6) is 0. The lowest BCUT2D eigenvalue weighted by molar-refractivity contribution is 0.521. The number of benzene rings is 1. The van der Waals surface area contributed by atoms with Gasteiger partial charge < -0.3 is 10.6 Å². The van der Waals surface area contributed by atoms with Gasteiger partial charge in [-0.2, -0.15) is 0 Å². The Morgan fingerprint density at radius 1 is 1.29 bits per heavy atom. The molecule has 0 heterocycles. The van der Waals surface area contributed by atoms with Crippen LogP contribution in [0.5, 0.6) is 0 Å². The second-order valence-corrected chi connectivity index (χ2v) is 5.39. The molecule has 2 N–H and O–H groups in total. The van der Waals surface area contributed by atoms with Crippen LogP contribution in [-0.4, -0.2) is 17.2 Å². The van der Waals surface area contributed by atoms with Gasteiger partial charge in [0.25, 0.3) is 0 Å². The number of rotatable bonds is 2. The van der Waals surface area contributed by atoms with E-state index in [1.165, 1.54) is 11.1 Å². The fourth-order valence-corrected chi connectivity index (χ4v) is 2.71. The third-order valence-corrected chi connectivity index (χ3v) is 3.34. The Bertz CT molecular complexity index is 401. The predicted molar refractivity (Wildman–Crippen MR) is 76.3 cm³/mol. The van der Waals surface area contributed by atoms with Crippen LogP contribution >= 0.6 is 12.2 Å². The van der Waals surface area contributed by atoms with Crippen LogP contribution in [0.2, 0.25) is 0 Å². The van der Waals surface area contributed by atoms with Gasteiger partial charge in [0, 0.05) is 12.1 Å². The number of thiocarbonyl (C=S) groups is 1. The maximum absolute atomic E-state index is 5.29. The highest BCUT2D eigenvalue weighted by atomic mass is 32.1. The molecule has 0 radical (unpaired) electrons. The molecule has 1 aliphatic rings. The fourth-order valence-electron chi connectivity index (χ4n) is 2.31. The first-order valence-corrected chi connectivity index (χ1v) is 6.70. The van der Waals surface area contributed by atoms with Crippen molar-refractivity contribution in [1.82, 2.24) is 10.6 Å². The zero-order valence-corrected chi connectivity index (χ0v) is 11.3. The molecule has 0 saturated carbocycles. The minimum atomic E-state index is 0.394. The van der Waals surface area contributed by atoms with E-state index in [4.69, 9.17) is 12.2 Å². The van der Waals surface area contributed by atoms with Crippen molar-refractivity contribution in [2.75, 3.05) is 0 Å². The van der Waals surface area contributed by atoms with Crippen LogP contribution in [0.25, 0.3) is 0 Å². The van der Waals surface area contributed by atoms with E-state index >= 15 is 0 Å². The zero-order valence-electron chi connectivity index (χ0n) is 10.5. The number of aryl methyl sites for hydroxylation is 1. The van der Waals surface area contributed by atoms with Gasteiger partial charge in [-0.3, -0.25) is 0 Å². The molecule has 17 heavy (non-hydrogen) atoms. The first-order chi connectivity index (χ1) is 8.15. The fraction of sp³-hybridized carbons (Fsp3) is 0.500. The van der Waals surface area contributed by atoms with Crippen LogP contribution in [-0.2, 0) is 12.8 Å². The zero-order chi connectivity index (χ0) is 12.3. The smallest absolute Gasteiger partial charge is 0.166 e. The lowest BCUT2D eigenvalue weighted by Crippen LogP contribution is -2.46. The molecule has 0 aromatic heterocycles. The van der Waals surface area contributed by atoms with E-state index in [0.717, 1.165) is 24.4 Å². The first-order valence-electron chi connectivity index (χ1n) is 6.29. The molecular formula is C14H20N2S. The summed E-state index contributed by atoms with van der Waals surface area (Å²) in [6.07, 6.45) is 3.39. The van der Waals surface area contributed by atoms with Crippen molar-refractivity contribution in [1.29, 1.82) is 0 Å². The lowest BCUT2D eigenvalue weighted by atomic mass is 9.88. The standard InChI is InChI=1S/C14H20N2S/c1-10(2)15-14(17)16-13-8-7-11-5-3-4-6-12(11)9-13/h3-6,10,13H,7-9H2,1-2H3,(H2,15,16,17). The molecule has 1 unspecified atom stereocenters. The molecule has 1 atom stereocenters. The van der Waals surface area contributed by atoms with E-state index in [9.17, 15) is 0 Å². The Labute approximate surface area is 109 Å². The molecule has 2 rings (SSSR count). The van der Waals surface area contributed by atoms with Gasteiger partial charge in [0.15, 0.2) is 5.11 Å². The van der Waals surface area contributed by atoms with Crippen LogP contribution in [0.15, 0.2) is 24.3 Å². The van der Waals surface area contributed by atoms with Crippen molar-refractivity contribution < 1.29 is 0 Å². The van der Waals surface area contributed by atoms with Gasteiger partial charge in [0.2, 0.25) is 0 Å². The van der Waals surface area contributed by atoms with E-state index in [1.54, 1.807) is 0 Å². The van der Waals surface area contributed by atoms with Gasteiger partial charge in [-0.05, 0) is 56.5 Å². The van der Waals surface area contributed by atoms with Crippen LogP contribution in [0.4, 0.5) is 0 Å². The minimum Gasteiger partial charge on any atom is -0.361 e. The monoisotopic (exact) mass is 248 g/mol. The van der Waals surface area contributed by atoms with Gasteiger partial charge >= 0.3 is 0 Å². The van der Waals surface area contributed by atoms with Crippen molar-refractivity contribution >= 4 is 17.3 Å². The van der Waals surface area contributed by atoms with Crippen LogP contribution in [0.1, 0.15) is 31.4 Å². The molecule has 0 spiro atoms. The Balaban J connectivity index is 1.92. The van der Waals surface area contributed by atoms with Gasteiger partial charge in [-0.15, -0.1) is 0 Å². The van der Waals surface area contributed by atoms with E-state index in [2.05, 4.69) is 48.7 Å². The van der Waals surface area contributed by atoms with E-state index in [0.29, 0.717) is 12.1 Å². The molecular weight excluding hydrogens is 228 g/mol. The summed E-state index contributed by atoms with van der Waals surface area (Å²) in [7, 11) is 0. The maximum atomic E-state index is 5.29. The summed E-state index contributed by atoms with van der Waals surface area (Å²) in [4.78, 5) is 0. The Hall–Kier alpha value is -1.09. The molecule has 1 aliphatic carbocycles. The van der Waals surface area contributed by atoms with Crippen molar-refractivity contribution in [3.63, 3.8) is 0 Å². The SMILES string of the molecule is CC(C)NC(=S)NC1CCc2ccccc2C1. The van der Waals surface area contributed by atoms with Crippen molar-refractivity contribution in [3.8, 4) is 0 Å². The Morgan fingerprint density at radius 2 is 2.00 bits per heavy atom. The van der Waals surface area contributed by atoms with Gasteiger partial charge in [-0.25, -0.2) is 0 Å². The summed E-state index contributed by atoms with van der Waals surface area (Å²) < 4.78 is 0. The maximum Gasteiger partial charge on any atom is 0.166 e. The lowest BCUT2D eigenvalue weighted by Gasteiger charge is -2.27. The van der Waals surface area contributed by atoms with Gasteiger partial charge in [-0.1, -0.05) is 24.3 Å². The topological polar surface area (TPSA) is 24.1 Å². The van der Waals surface area contributed by atoms with Gasteiger partial charge in [0.05, 0.1) is 0 Å². The number of hydrogen-bond donors (Lipinski definition) is 2. The Morgan fingerprint density at radius 3 is 2.71 bits per heavy atom. The van der Waals surface area contributed by atoms with Crippen LogP contribution in [0.3, 0.4) is 0 Å². The summed E-state index contributed by atoms with van der Waals surface area (Å²) in [6, 6.07) is 9.57. The molecule has 0 bridgehead atoms.